The van der Waals surface area contributed by atoms with Crippen molar-refractivity contribution >= 4 is 11.6 Å². The third kappa shape index (κ3) is 2.47. The monoisotopic (exact) mass is 222 g/mol. The number of rotatable bonds is 2. The lowest BCUT2D eigenvalue weighted by Gasteiger charge is -2.34. The van der Waals surface area contributed by atoms with E-state index in [1.165, 1.54) is 13.0 Å². The second-order valence-electron chi connectivity index (χ2n) is 4.95. The molecule has 1 rings (SSSR count). The molecule has 3 nitrogen and oxygen atoms in total. The molecule has 16 heavy (non-hydrogen) atoms. The Bertz CT molecular complexity index is 386. The van der Waals surface area contributed by atoms with Gasteiger partial charge in [0.1, 0.15) is 6.10 Å². The Morgan fingerprint density at radius 1 is 1.50 bits per heavy atom. The molecule has 0 heterocycles. The zero-order valence-corrected chi connectivity index (χ0v) is 10.2. The van der Waals surface area contributed by atoms with Crippen LogP contribution in [0, 0.1) is 5.41 Å². The number of ketones is 2. The van der Waals surface area contributed by atoms with E-state index in [-0.39, 0.29) is 17.0 Å². The van der Waals surface area contributed by atoms with E-state index in [9.17, 15) is 14.7 Å². The van der Waals surface area contributed by atoms with E-state index in [0.717, 1.165) is 5.57 Å². The number of hydrogen-bond acceptors (Lipinski definition) is 3. The average Bonchev–Trinajstić information content (AvgIpc) is 2.12. The van der Waals surface area contributed by atoms with Gasteiger partial charge in [-0.1, -0.05) is 19.9 Å². The third-order valence-electron chi connectivity index (χ3n) is 2.99. The quantitative estimate of drug-likeness (QED) is 0.725. The standard InChI is InChI=1S/C13H18O3/c1-8(14)5-6-10-9(2)12(16)11(15)7-13(10,3)4/h5-6,11,15H,7H2,1-4H3. The molecular formula is C13H18O3. The van der Waals surface area contributed by atoms with Crippen molar-refractivity contribution in [1.29, 1.82) is 0 Å². The minimum absolute atomic E-state index is 0.0466. The van der Waals surface area contributed by atoms with Crippen LogP contribution in [-0.4, -0.2) is 22.8 Å². The summed E-state index contributed by atoms with van der Waals surface area (Å²) in [6.07, 6.45) is 2.65. The van der Waals surface area contributed by atoms with Crippen molar-refractivity contribution in [3.05, 3.63) is 23.3 Å². The van der Waals surface area contributed by atoms with Gasteiger partial charge in [0.2, 0.25) is 0 Å². The molecule has 0 saturated heterocycles. The predicted molar refractivity (Wildman–Crippen MR) is 61.9 cm³/mol. The fraction of sp³-hybridized carbons (Fsp3) is 0.538. The summed E-state index contributed by atoms with van der Waals surface area (Å²) < 4.78 is 0. The summed E-state index contributed by atoms with van der Waals surface area (Å²) >= 11 is 0. The molecule has 1 unspecified atom stereocenters. The van der Waals surface area contributed by atoms with Gasteiger partial charge in [-0.3, -0.25) is 9.59 Å². The molecule has 1 aliphatic carbocycles. The van der Waals surface area contributed by atoms with E-state index in [4.69, 9.17) is 0 Å². The third-order valence-corrected chi connectivity index (χ3v) is 2.99. The molecule has 0 aliphatic heterocycles. The van der Waals surface area contributed by atoms with Crippen LogP contribution >= 0.6 is 0 Å². The summed E-state index contributed by atoms with van der Waals surface area (Å²) in [5.74, 6) is -0.280. The highest BCUT2D eigenvalue weighted by Crippen LogP contribution is 2.39. The van der Waals surface area contributed by atoms with Crippen LogP contribution in [0.15, 0.2) is 23.3 Å². The Kier molecular flexibility index (Phi) is 3.48. The molecule has 0 amide bonds. The maximum absolute atomic E-state index is 11.6. The topological polar surface area (TPSA) is 54.4 Å². The average molecular weight is 222 g/mol. The Morgan fingerprint density at radius 2 is 2.06 bits per heavy atom. The van der Waals surface area contributed by atoms with Crippen LogP contribution in [0.2, 0.25) is 0 Å². The van der Waals surface area contributed by atoms with Crippen molar-refractivity contribution in [2.45, 2.75) is 40.2 Å². The Hall–Kier alpha value is -1.22. The molecule has 0 aromatic carbocycles. The van der Waals surface area contributed by atoms with Gasteiger partial charge in [-0.05, 0) is 42.9 Å². The molecule has 0 radical (unpaired) electrons. The minimum Gasteiger partial charge on any atom is -0.385 e. The van der Waals surface area contributed by atoms with E-state index < -0.39 is 6.10 Å². The number of aliphatic hydroxyl groups is 1. The summed E-state index contributed by atoms with van der Waals surface area (Å²) in [6.45, 7) is 7.10. The van der Waals surface area contributed by atoms with Crippen LogP contribution < -0.4 is 0 Å². The number of carbonyl (C=O) groups excluding carboxylic acids is 2. The van der Waals surface area contributed by atoms with Crippen molar-refractivity contribution in [2.75, 3.05) is 0 Å². The Morgan fingerprint density at radius 3 is 2.56 bits per heavy atom. The molecule has 0 fully saturated rings. The van der Waals surface area contributed by atoms with Crippen LogP contribution in [0.1, 0.15) is 34.1 Å². The lowest BCUT2D eigenvalue weighted by atomic mass is 9.71. The molecular weight excluding hydrogens is 204 g/mol. The maximum atomic E-state index is 11.6. The number of hydrogen-bond donors (Lipinski definition) is 1. The number of allylic oxidation sites excluding steroid dienone is 3. The van der Waals surface area contributed by atoms with Gasteiger partial charge >= 0.3 is 0 Å². The molecule has 1 aliphatic rings. The highest BCUT2D eigenvalue weighted by Gasteiger charge is 2.36. The van der Waals surface area contributed by atoms with Gasteiger partial charge in [0, 0.05) is 0 Å². The van der Waals surface area contributed by atoms with E-state index in [1.54, 1.807) is 13.0 Å². The van der Waals surface area contributed by atoms with Gasteiger partial charge in [-0.15, -0.1) is 0 Å². The van der Waals surface area contributed by atoms with Gasteiger partial charge in [0.05, 0.1) is 0 Å². The van der Waals surface area contributed by atoms with Crippen LogP contribution in [-0.2, 0) is 9.59 Å². The number of carbonyl (C=O) groups is 2. The molecule has 0 bridgehead atoms. The largest absolute Gasteiger partial charge is 0.385 e. The molecule has 0 spiro atoms. The smallest absolute Gasteiger partial charge is 0.187 e. The lowest BCUT2D eigenvalue weighted by Crippen LogP contribution is -2.35. The summed E-state index contributed by atoms with van der Waals surface area (Å²) in [6, 6.07) is 0. The van der Waals surface area contributed by atoms with Gasteiger partial charge in [-0.2, -0.15) is 0 Å². The van der Waals surface area contributed by atoms with Gasteiger partial charge in [0.15, 0.2) is 11.6 Å². The highest BCUT2D eigenvalue weighted by atomic mass is 16.3. The Balaban J connectivity index is 3.19. The predicted octanol–water partition coefficient (Wildman–Crippen LogP) is 1.81. The molecule has 0 aromatic heterocycles. The molecule has 1 N–H and O–H groups in total. The van der Waals surface area contributed by atoms with Crippen LogP contribution in [0.5, 0.6) is 0 Å². The molecule has 0 saturated carbocycles. The van der Waals surface area contributed by atoms with Crippen molar-refractivity contribution in [3.63, 3.8) is 0 Å². The van der Waals surface area contributed by atoms with E-state index in [1.807, 2.05) is 13.8 Å². The summed E-state index contributed by atoms with van der Waals surface area (Å²) in [4.78, 5) is 22.5. The highest BCUT2D eigenvalue weighted by molar-refractivity contribution is 6.01. The fourth-order valence-corrected chi connectivity index (χ4v) is 2.13. The second kappa shape index (κ2) is 4.34. The first-order valence-corrected chi connectivity index (χ1v) is 5.38. The van der Waals surface area contributed by atoms with Crippen molar-refractivity contribution in [1.82, 2.24) is 0 Å². The normalized spacial score (nSPS) is 25.3. The number of aliphatic hydroxyl groups excluding tert-OH is 1. The molecule has 88 valence electrons. The maximum Gasteiger partial charge on any atom is 0.187 e. The lowest BCUT2D eigenvalue weighted by molar-refractivity contribution is -0.125. The van der Waals surface area contributed by atoms with Crippen LogP contribution in [0.25, 0.3) is 0 Å². The summed E-state index contributed by atoms with van der Waals surface area (Å²) in [5.41, 5.74) is 1.13. The zero-order chi connectivity index (χ0) is 12.5. The first-order chi connectivity index (χ1) is 7.25. The van der Waals surface area contributed by atoms with Gasteiger partial charge < -0.3 is 5.11 Å². The summed E-state index contributed by atoms with van der Waals surface area (Å²) in [5, 5.41) is 9.60. The number of Topliss-reactive ketones (excluding diaryl/α,β-unsaturated/α-hetero) is 1. The first-order valence-electron chi connectivity index (χ1n) is 5.38. The van der Waals surface area contributed by atoms with Gasteiger partial charge in [0.25, 0.3) is 0 Å². The van der Waals surface area contributed by atoms with Crippen LogP contribution in [0.3, 0.4) is 0 Å². The van der Waals surface area contributed by atoms with Crippen molar-refractivity contribution < 1.29 is 14.7 Å². The van der Waals surface area contributed by atoms with Crippen molar-refractivity contribution in [3.8, 4) is 0 Å². The van der Waals surface area contributed by atoms with E-state index in [2.05, 4.69) is 0 Å². The van der Waals surface area contributed by atoms with E-state index >= 15 is 0 Å². The second-order valence-corrected chi connectivity index (χ2v) is 4.95. The first kappa shape index (κ1) is 12.8. The molecule has 3 heteroatoms. The summed E-state index contributed by atoms with van der Waals surface area (Å²) in [7, 11) is 0. The van der Waals surface area contributed by atoms with Gasteiger partial charge in [-0.25, -0.2) is 0 Å². The SMILES string of the molecule is CC(=O)C=CC1=C(C)C(=O)C(O)CC1(C)C. The fourth-order valence-electron chi connectivity index (χ4n) is 2.13. The minimum atomic E-state index is -0.913. The Labute approximate surface area is 95.9 Å². The van der Waals surface area contributed by atoms with E-state index in [0.29, 0.717) is 12.0 Å². The van der Waals surface area contributed by atoms with Crippen LogP contribution in [0.4, 0.5) is 0 Å². The van der Waals surface area contributed by atoms with Crippen molar-refractivity contribution in [2.24, 2.45) is 5.41 Å². The molecule has 0 aromatic rings. The molecule has 1 atom stereocenters. The zero-order valence-electron chi connectivity index (χ0n) is 10.2.